The minimum atomic E-state index is -0.154. The van der Waals surface area contributed by atoms with Gasteiger partial charge in [-0.2, -0.15) is 5.26 Å². The van der Waals surface area contributed by atoms with Crippen molar-refractivity contribution in [2.24, 2.45) is 0 Å². The third kappa shape index (κ3) is 4.32. The second-order valence-electron chi connectivity index (χ2n) is 6.15. The summed E-state index contributed by atoms with van der Waals surface area (Å²) in [5.41, 5.74) is 4.12. The molecule has 1 aliphatic rings. The van der Waals surface area contributed by atoms with Crippen molar-refractivity contribution in [2.45, 2.75) is 25.7 Å². The fourth-order valence-electron chi connectivity index (χ4n) is 2.93. The maximum Gasteiger partial charge on any atom is 0.225 e. The van der Waals surface area contributed by atoms with Crippen LogP contribution in [0.2, 0.25) is 0 Å². The van der Waals surface area contributed by atoms with Crippen LogP contribution >= 0.6 is 11.8 Å². The summed E-state index contributed by atoms with van der Waals surface area (Å²) in [6, 6.07) is 20.6. The van der Waals surface area contributed by atoms with Crippen LogP contribution in [0, 0.1) is 18.3 Å². The molecule has 25 heavy (non-hydrogen) atoms. The Hall–Kier alpha value is -2.51. The molecule has 3 rings (SSSR count). The summed E-state index contributed by atoms with van der Waals surface area (Å²) in [4.78, 5) is 12.2. The van der Waals surface area contributed by atoms with Gasteiger partial charge < -0.3 is 5.32 Å². The molecule has 2 aromatic rings. The van der Waals surface area contributed by atoms with Crippen molar-refractivity contribution < 1.29 is 4.79 Å². The number of benzene rings is 2. The van der Waals surface area contributed by atoms with Crippen molar-refractivity contribution in [2.75, 3.05) is 5.75 Å². The lowest BCUT2D eigenvalue weighted by atomic mass is 9.87. The summed E-state index contributed by atoms with van der Waals surface area (Å²) in [6.07, 6.45) is 1.23. The molecule has 3 nitrogen and oxygen atoms in total. The van der Waals surface area contributed by atoms with Crippen LogP contribution in [0.1, 0.15) is 29.0 Å². The van der Waals surface area contributed by atoms with Crippen molar-refractivity contribution in [1.29, 1.82) is 5.26 Å². The van der Waals surface area contributed by atoms with Gasteiger partial charge in [-0.25, -0.2) is 0 Å². The van der Waals surface area contributed by atoms with Gasteiger partial charge in [-0.1, -0.05) is 60.2 Å². The molecule has 0 saturated heterocycles. The number of allylic oxidation sites excluding steroid dienone is 1. The van der Waals surface area contributed by atoms with E-state index in [-0.39, 0.29) is 11.8 Å². The quantitative estimate of drug-likeness (QED) is 0.876. The zero-order valence-electron chi connectivity index (χ0n) is 14.2. The van der Waals surface area contributed by atoms with Crippen LogP contribution in [0.25, 0.3) is 0 Å². The van der Waals surface area contributed by atoms with Gasteiger partial charge in [-0.3, -0.25) is 4.79 Å². The fraction of sp³-hybridized carbons (Fsp3) is 0.238. The van der Waals surface area contributed by atoms with Gasteiger partial charge in [0.05, 0.1) is 16.7 Å². The van der Waals surface area contributed by atoms with Crippen molar-refractivity contribution in [3.63, 3.8) is 0 Å². The molecule has 0 spiro atoms. The molecule has 0 radical (unpaired) electrons. The standard InChI is InChI=1S/C21H20N2OS/c1-15-7-9-17(10-8-15)18-13-20(24)23-21(19(18)14-22)25-12-11-16-5-3-2-4-6-16/h2-10,18H,11-13H2,1H3,(H,23,24)/t18-/m0/s1. The predicted octanol–water partition coefficient (Wildman–Crippen LogP) is 4.31. The largest absolute Gasteiger partial charge is 0.320 e. The number of amides is 1. The van der Waals surface area contributed by atoms with Gasteiger partial charge in [0.25, 0.3) is 0 Å². The summed E-state index contributed by atoms with van der Waals surface area (Å²) in [5, 5.41) is 13.3. The van der Waals surface area contributed by atoms with Gasteiger partial charge in [0.15, 0.2) is 0 Å². The number of hydrogen-bond acceptors (Lipinski definition) is 3. The summed E-state index contributed by atoms with van der Waals surface area (Å²) >= 11 is 1.56. The molecule has 0 saturated carbocycles. The lowest BCUT2D eigenvalue weighted by Crippen LogP contribution is -2.31. The number of nitrogens with zero attached hydrogens (tertiary/aromatic N) is 1. The van der Waals surface area contributed by atoms with Crippen LogP contribution in [0.3, 0.4) is 0 Å². The summed E-state index contributed by atoms with van der Waals surface area (Å²) < 4.78 is 0. The number of nitriles is 1. The summed E-state index contributed by atoms with van der Waals surface area (Å²) in [5.74, 6) is 0.649. The number of carbonyl (C=O) groups is 1. The number of nitrogens with one attached hydrogen (secondary N) is 1. The summed E-state index contributed by atoms with van der Waals surface area (Å²) in [7, 11) is 0. The SMILES string of the molecule is Cc1ccc([C@@H]2CC(=O)NC(SCCc3ccccc3)=C2C#N)cc1. The normalized spacial score (nSPS) is 17.1. The lowest BCUT2D eigenvalue weighted by Gasteiger charge is -2.25. The van der Waals surface area contributed by atoms with Crippen LogP contribution in [0.5, 0.6) is 0 Å². The third-order valence-corrected chi connectivity index (χ3v) is 5.33. The molecular formula is C21H20N2OS. The second-order valence-corrected chi connectivity index (χ2v) is 7.26. The van der Waals surface area contributed by atoms with Gasteiger partial charge in [0.2, 0.25) is 5.91 Å². The van der Waals surface area contributed by atoms with E-state index in [9.17, 15) is 10.1 Å². The van der Waals surface area contributed by atoms with Crippen molar-refractivity contribution in [3.05, 3.63) is 81.9 Å². The Balaban J connectivity index is 1.78. The highest BCUT2D eigenvalue weighted by Gasteiger charge is 2.29. The maximum atomic E-state index is 12.2. The van der Waals surface area contributed by atoms with E-state index in [1.54, 1.807) is 11.8 Å². The van der Waals surface area contributed by atoms with E-state index in [0.717, 1.165) is 17.7 Å². The molecule has 0 bridgehead atoms. The number of aryl methyl sites for hydroxylation is 2. The molecule has 2 aromatic carbocycles. The molecule has 4 heteroatoms. The Kier molecular flexibility index (Phi) is 5.57. The topological polar surface area (TPSA) is 52.9 Å². The van der Waals surface area contributed by atoms with Gasteiger partial charge >= 0.3 is 0 Å². The first-order chi connectivity index (χ1) is 12.2. The molecule has 0 fully saturated rings. The smallest absolute Gasteiger partial charge is 0.225 e. The highest BCUT2D eigenvalue weighted by Crippen LogP contribution is 2.36. The first-order valence-corrected chi connectivity index (χ1v) is 9.33. The highest BCUT2D eigenvalue weighted by atomic mass is 32.2. The van der Waals surface area contributed by atoms with Gasteiger partial charge in [-0.05, 0) is 24.5 Å². The van der Waals surface area contributed by atoms with E-state index < -0.39 is 0 Å². The van der Waals surface area contributed by atoms with Crippen LogP contribution in [0.4, 0.5) is 0 Å². The van der Waals surface area contributed by atoms with Crippen molar-refractivity contribution in [1.82, 2.24) is 5.32 Å². The number of thioether (sulfide) groups is 1. The van der Waals surface area contributed by atoms with Crippen LogP contribution in [-0.4, -0.2) is 11.7 Å². The molecule has 126 valence electrons. The van der Waals surface area contributed by atoms with Crippen molar-refractivity contribution >= 4 is 17.7 Å². The minimum Gasteiger partial charge on any atom is -0.320 e. The Morgan fingerprint density at radius 2 is 1.88 bits per heavy atom. The maximum absolute atomic E-state index is 12.2. The van der Waals surface area contributed by atoms with Crippen molar-refractivity contribution in [3.8, 4) is 6.07 Å². The fourth-order valence-corrected chi connectivity index (χ4v) is 4.00. The van der Waals surface area contributed by atoms with E-state index in [4.69, 9.17) is 0 Å². The molecular weight excluding hydrogens is 328 g/mol. The van der Waals surface area contributed by atoms with Gasteiger partial charge in [0.1, 0.15) is 0 Å². The van der Waals surface area contributed by atoms with E-state index in [1.165, 1.54) is 11.1 Å². The molecule has 1 aliphatic heterocycles. The van der Waals surface area contributed by atoms with E-state index in [0.29, 0.717) is 17.0 Å². The van der Waals surface area contributed by atoms with Crippen LogP contribution in [-0.2, 0) is 11.2 Å². The Morgan fingerprint density at radius 1 is 1.16 bits per heavy atom. The Morgan fingerprint density at radius 3 is 2.56 bits per heavy atom. The third-order valence-electron chi connectivity index (χ3n) is 4.32. The van der Waals surface area contributed by atoms with E-state index in [1.807, 2.05) is 49.4 Å². The zero-order chi connectivity index (χ0) is 17.6. The van der Waals surface area contributed by atoms with Crippen LogP contribution in [0.15, 0.2) is 65.2 Å². The van der Waals surface area contributed by atoms with Gasteiger partial charge in [0, 0.05) is 18.1 Å². The Labute approximate surface area is 152 Å². The first-order valence-electron chi connectivity index (χ1n) is 8.35. The first kappa shape index (κ1) is 17.3. The summed E-state index contributed by atoms with van der Waals surface area (Å²) in [6.45, 7) is 2.03. The Bertz CT molecular complexity index is 819. The van der Waals surface area contributed by atoms with E-state index >= 15 is 0 Å². The average Bonchev–Trinajstić information content (AvgIpc) is 2.63. The van der Waals surface area contributed by atoms with E-state index in [2.05, 4.69) is 23.5 Å². The van der Waals surface area contributed by atoms with Crippen LogP contribution < -0.4 is 5.32 Å². The molecule has 1 N–H and O–H groups in total. The molecule has 1 atom stereocenters. The average molecular weight is 348 g/mol. The predicted molar refractivity (Wildman–Crippen MR) is 102 cm³/mol. The van der Waals surface area contributed by atoms with Gasteiger partial charge in [-0.15, -0.1) is 11.8 Å². The minimum absolute atomic E-state index is 0.0215. The molecule has 1 heterocycles. The second kappa shape index (κ2) is 8.04. The number of carbonyl (C=O) groups excluding carboxylic acids is 1. The lowest BCUT2D eigenvalue weighted by molar-refractivity contribution is -0.120. The number of hydrogen-bond donors (Lipinski definition) is 1. The number of rotatable bonds is 5. The zero-order valence-corrected chi connectivity index (χ0v) is 15.0. The molecule has 0 aliphatic carbocycles. The highest BCUT2D eigenvalue weighted by molar-refractivity contribution is 8.03. The molecule has 0 aromatic heterocycles. The molecule has 1 amide bonds. The molecule has 0 unspecified atom stereocenters. The monoisotopic (exact) mass is 348 g/mol.